The molecule has 2 aromatic carbocycles. The summed E-state index contributed by atoms with van der Waals surface area (Å²) >= 11 is 0. The van der Waals surface area contributed by atoms with Crippen LogP contribution in [0.3, 0.4) is 0 Å². The van der Waals surface area contributed by atoms with Gasteiger partial charge in [0.25, 0.3) is 5.91 Å². The third kappa shape index (κ3) is 5.62. The monoisotopic (exact) mass is 355 g/mol. The van der Waals surface area contributed by atoms with Crippen molar-refractivity contribution in [3.63, 3.8) is 0 Å². The van der Waals surface area contributed by atoms with Crippen LogP contribution in [-0.4, -0.2) is 24.6 Å². The largest absolute Gasteiger partial charge is 0.481 e. The molecule has 2 aromatic rings. The van der Waals surface area contributed by atoms with Crippen LogP contribution >= 0.6 is 0 Å². The minimum atomic E-state index is -0.644. The van der Waals surface area contributed by atoms with E-state index in [9.17, 15) is 9.59 Å². The van der Waals surface area contributed by atoms with E-state index in [0.717, 1.165) is 18.4 Å². The molecule has 0 fully saturated rings. The Kier molecular flexibility index (Phi) is 7.21. The number of unbranched alkanes of at least 4 members (excludes halogenated alkanes) is 1. The Hall–Kier alpha value is -2.82. The van der Waals surface area contributed by atoms with Crippen LogP contribution in [0.4, 0.5) is 5.69 Å². The SMILES string of the molecule is CCCCOC(=O)c1ccc(NC(=O)C(C)Oc2ccccc2C)cc1. The highest BCUT2D eigenvalue weighted by atomic mass is 16.5. The van der Waals surface area contributed by atoms with Crippen LogP contribution in [0.1, 0.15) is 42.6 Å². The van der Waals surface area contributed by atoms with E-state index in [2.05, 4.69) is 5.32 Å². The van der Waals surface area contributed by atoms with Crippen molar-refractivity contribution in [2.24, 2.45) is 0 Å². The number of ether oxygens (including phenoxy) is 2. The number of hydrogen-bond acceptors (Lipinski definition) is 4. The van der Waals surface area contributed by atoms with E-state index < -0.39 is 6.10 Å². The third-order valence-electron chi connectivity index (χ3n) is 3.89. The van der Waals surface area contributed by atoms with Gasteiger partial charge in [-0.2, -0.15) is 0 Å². The number of rotatable bonds is 8. The van der Waals surface area contributed by atoms with Crippen molar-refractivity contribution in [3.8, 4) is 5.75 Å². The van der Waals surface area contributed by atoms with Crippen LogP contribution in [0.15, 0.2) is 48.5 Å². The molecule has 0 saturated heterocycles. The minimum absolute atomic E-state index is 0.258. The van der Waals surface area contributed by atoms with E-state index in [-0.39, 0.29) is 11.9 Å². The molecule has 0 bridgehead atoms. The number of nitrogens with one attached hydrogen (secondary N) is 1. The van der Waals surface area contributed by atoms with E-state index in [1.165, 1.54) is 0 Å². The maximum atomic E-state index is 12.3. The molecule has 0 aliphatic rings. The normalized spacial score (nSPS) is 11.5. The van der Waals surface area contributed by atoms with Gasteiger partial charge in [-0.1, -0.05) is 31.5 Å². The second kappa shape index (κ2) is 9.61. The Labute approximate surface area is 154 Å². The van der Waals surface area contributed by atoms with Crippen molar-refractivity contribution in [2.45, 2.75) is 39.7 Å². The second-order valence-electron chi connectivity index (χ2n) is 6.08. The van der Waals surface area contributed by atoms with Gasteiger partial charge in [0.2, 0.25) is 0 Å². The number of benzene rings is 2. The van der Waals surface area contributed by atoms with Crippen molar-refractivity contribution in [3.05, 3.63) is 59.7 Å². The fourth-order valence-corrected chi connectivity index (χ4v) is 2.26. The Morgan fingerprint density at radius 2 is 1.77 bits per heavy atom. The summed E-state index contributed by atoms with van der Waals surface area (Å²) in [6.07, 6.45) is 1.18. The summed E-state index contributed by atoms with van der Waals surface area (Å²) in [5.41, 5.74) is 2.03. The average Bonchev–Trinajstić information content (AvgIpc) is 2.64. The van der Waals surface area contributed by atoms with Gasteiger partial charge in [0, 0.05) is 5.69 Å². The molecule has 1 amide bonds. The van der Waals surface area contributed by atoms with E-state index in [1.807, 2.05) is 38.1 Å². The van der Waals surface area contributed by atoms with Crippen LogP contribution in [0.25, 0.3) is 0 Å². The van der Waals surface area contributed by atoms with E-state index in [4.69, 9.17) is 9.47 Å². The number of carbonyl (C=O) groups is 2. The predicted molar refractivity (Wildman–Crippen MR) is 102 cm³/mol. The molecular formula is C21H25NO4. The van der Waals surface area contributed by atoms with Crippen LogP contribution < -0.4 is 10.1 Å². The molecule has 0 aliphatic carbocycles. The lowest BCUT2D eigenvalue weighted by Crippen LogP contribution is -2.30. The molecule has 2 rings (SSSR count). The summed E-state index contributed by atoms with van der Waals surface area (Å²) in [5.74, 6) is 0.0689. The molecule has 1 N–H and O–H groups in total. The Bertz CT molecular complexity index is 740. The zero-order valence-corrected chi connectivity index (χ0v) is 15.5. The fourth-order valence-electron chi connectivity index (χ4n) is 2.26. The molecule has 1 atom stereocenters. The third-order valence-corrected chi connectivity index (χ3v) is 3.89. The van der Waals surface area contributed by atoms with Gasteiger partial charge in [-0.05, 0) is 56.2 Å². The van der Waals surface area contributed by atoms with E-state index in [1.54, 1.807) is 31.2 Å². The van der Waals surface area contributed by atoms with Crippen molar-refractivity contribution >= 4 is 17.6 Å². The Morgan fingerprint density at radius 1 is 1.08 bits per heavy atom. The first kappa shape index (κ1) is 19.5. The van der Waals surface area contributed by atoms with Gasteiger partial charge >= 0.3 is 5.97 Å². The summed E-state index contributed by atoms with van der Waals surface area (Å²) in [5, 5.41) is 2.78. The average molecular weight is 355 g/mol. The van der Waals surface area contributed by atoms with Gasteiger partial charge in [0.05, 0.1) is 12.2 Å². The summed E-state index contributed by atoms with van der Waals surface area (Å²) in [4.78, 5) is 24.2. The van der Waals surface area contributed by atoms with Gasteiger partial charge in [-0.3, -0.25) is 4.79 Å². The number of anilines is 1. The van der Waals surface area contributed by atoms with Gasteiger partial charge in [0.15, 0.2) is 6.10 Å². The standard InChI is InChI=1S/C21H25NO4/c1-4-5-14-25-21(24)17-10-12-18(13-11-17)22-20(23)16(3)26-19-9-7-6-8-15(19)2/h6-13,16H,4-5,14H2,1-3H3,(H,22,23). The second-order valence-corrected chi connectivity index (χ2v) is 6.08. The molecule has 0 radical (unpaired) electrons. The first-order valence-corrected chi connectivity index (χ1v) is 8.81. The molecular weight excluding hydrogens is 330 g/mol. The minimum Gasteiger partial charge on any atom is -0.481 e. The molecule has 26 heavy (non-hydrogen) atoms. The van der Waals surface area contributed by atoms with Gasteiger partial charge in [0.1, 0.15) is 5.75 Å². The molecule has 0 saturated carbocycles. The molecule has 0 spiro atoms. The topological polar surface area (TPSA) is 64.6 Å². The van der Waals surface area contributed by atoms with Crippen LogP contribution in [-0.2, 0) is 9.53 Å². The fraction of sp³-hybridized carbons (Fsp3) is 0.333. The number of amides is 1. The van der Waals surface area contributed by atoms with Gasteiger partial charge in [-0.25, -0.2) is 4.79 Å². The Morgan fingerprint density at radius 3 is 2.42 bits per heavy atom. The molecule has 0 heterocycles. The van der Waals surface area contributed by atoms with E-state index in [0.29, 0.717) is 23.6 Å². The zero-order valence-electron chi connectivity index (χ0n) is 15.5. The molecule has 5 nitrogen and oxygen atoms in total. The van der Waals surface area contributed by atoms with Gasteiger partial charge in [-0.15, -0.1) is 0 Å². The van der Waals surface area contributed by atoms with E-state index >= 15 is 0 Å². The molecule has 1 unspecified atom stereocenters. The summed E-state index contributed by atoms with van der Waals surface area (Å²) in [6, 6.07) is 14.2. The first-order valence-electron chi connectivity index (χ1n) is 8.81. The van der Waals surface area contributed by atoms with Crippen LogP contribution in [0.5, 0.6) is 5.75 Å². The highest BCUT2D eigenvalue weighted by molar-refractivity contribution is 5.95. The molecule has 0 aliphatic heterocycles. The lowest BCUT2D eigenvalue weighted by atomic mass is 10.2. The lowest BCUT2D eigenvalue weighted by Gasteiger charge is -2.16. The van der Waals surface area contributed by atoms with Crippen LogP contribution in [0.2, 0.25) is 0 Å². The maximum absolute atomic E-state index is 12.3. The smallest absolute Gasteiger partial charge is 0.338 e. The van der Waals surface area contributed by atoms with Crippen molar-refractivity contribution in [2.75, 3.05) is 11.9 Å². The predicted octanol–water partition coefficient (Wildman–Crippen LogP) is 4.36. The van der Waals surface area contributed by atoms with Crippen molar-refractivity contribution in [1.29, 1.82) is 0 Å². The number of para-hydroxylation sites is 1. The molecule has 5 heteroatoms. The first-order chi connectivity index (χ1) is 12.5. The van der Waals surface area contributed by atoms with Crippen LogP contribution in [0, 0.1) is 6.92 Å². The summed E-state index contributed by atoms with van der Waals surface area (Å²) in [6.45, 7) is 6.08. The summed E-state index contributed by atoms with van der Waals surface area (Å²) in [7, 11) is 0. The highest BCUT2D eigenvalue weighted by Crippen LogP contribution is 2.18. The van der Waals surface area contributed by atoms with Crippen molar-refractivity contribution < 1.29 is 19.1 Å². The quantitative estimate of drug-likeness (QED) is 0.564. The van der Waals surface area contributed by atoms with Crippen molar-refractivity contribution in [1.82, 2.24) is 0 Å². The lowest BCUT2D eigenvalue weighted by molar-refractivity contribution is -0.122. The molecule has 138 valence electrons. The highest BCUT2D eigenvalue weighted by Gasteiger charge is 2.16. The Balaban J connectivity index is 1.90. The number of aryl methyl sites for hydroxylation is 1. The maximum Gasteiger partial charge on any atom is 0.338 e. The number of esters is 1. The van der Waals surface area contributed by atoms with Gasteiger partial charge < -0.3 is 14.8 Å². The zero-order chi connectivity index (χ0) is 18.9. The summed E-state index contributed by atoms with van der Waals surface area (Å²) < 4.78 is 10.9. The number of hydrogen-bond donors (Lipinski definition) is 1. The molecule has 0 aromatic heterocycles. The number of carbonyl (C=O) groups excluding carboxylic acids is 2.